The minimum Gasteiger partial charge on any atom is -0.491 e. The zero-order valence-electron chi connectivity index (χ0n) is 15.1. The molecule has 1 aliphatic rings. The fraction of sp³-hybridized carbons (Fsp3) is 0.579. The van der Waals surface area contributed by atoms with E-state index in [0.29, 0.717) is 25.6 Å². The molecule has 5 heteroatoms. The Labute approximate surface area is 144 Å². The minimum atomic E-state index is -0.415. The third-order valence-corrected chi connectivity index (χ3v) is 4.41. The van der Waals surface area contributed by atoms with Crippen LogP contribution in [-0.4, -0.2) is 53.9 Å². The highest BCUT2D eigenvalue weighted by atomic mass is 16.5. The first-order valence-corrected chi connectivity index (χ1v) is 8.75. The standard InChI is InChI=1S/C19H28N2O3/c1-5-10-20-13-18(22)21(15(4)19(20)23)11-12-24-17-9-7-6-8-16(17)14(2)3/h6-9,14-15H,5,10-13H2,1-4H3/t15-/m1/s1. The summed E-state index contributed by atoms with van der Waals surface area (Å²) in [6.45, 7) is 9.69. The van der Waals surface area contributed by atoms with Crippen LogP contribution in [0.2, 0.25) is 0 Å². The largest absolute Gasteiger partial charge is 0.491 e. The molecule has 0 aromatic heterocycles. The van der Waals surface area contributed by atoms with E-state index in [1.165, 1.54) is 0 Å². The lowest BCUT2D eigenvalue weighted by molar-refractivity contribution is -0.155. The number of benzene rings is 1. The predicted octanol–water partition coefficient (Wildman–Crippen LogP) is 2.66. The van der Waals surface area contributed by atoms with Crippen molar-refractivity contribution in [3.63, 3.8) is 0 Å². The smallest absolute Gasteiger partial charge is 0.245 e. The van der Waals surface area contributed by atoms with Crippen molar-refractivity contribution in [2.24, 2.45) is 0 Å². The molecule has 0 aliphatic carbocycles. The van der Waals surface area contributed by atoms with Crippen LogP contribution in [0.5, 0.6) is 5.75 Å². The number of hydrogen-bond acceptors (Lipinski definition) is 3. The number of ether oxygens (including phenoxy) is 1. The van der Waals surface area contributed by atoms with Crippen molar-refractivity contribution in [2.45, 2.75) is 46.1 Å². The van der Waals surface area contributed by atoms with Gasteiger partial charge in [0.2, 0.25) is 11.8 Å². The molecule has 24 heavy (non-hydrogen) atoms. The van der Waals surface area contributed by atoms with E-state index in [4.69, 9.17) is 4.74 Å². The van der Waals surface area contributed by atoms with Gasteiger partial charge in [-0.2, -0.15) is 0 Å². The minimum absolute atomic E-state index is 0.00343. The highest BCUT2D eigenvalue weighted by molar-refractivity contribution is 5.94. The van der Waals surface area contributed by atoms with Crippen LogP contribution in [-0.2, 0) is 9.59 Å². The molecule has 0 radical (unpaired) electrons. The number of nitrogens with zero attached hydrogens (tertiary/aromatic N) is 2. The van der Waals surface area contributed by atoms with E-state index in [9.17, 15) is 9.59 Å². The molecule has 1 fully saturated rings. The summed E-state index contributed by atoms with van der Waals surface area (Å²) < 4.78 is 5.89. The Balaban J connectivity index is 1.95. The summed E-state index contributed by atoms with van der Waals surface area (Å²) in [5.74, 6) is 1.25. The van der Waals surface area contributed by atoms with Crippen molar-refractivity contribution < 1.29 is 14.3 Å². The summed E-state index contributed by atoms with van der Waals surface area (Å²) in [4.78, 5) is 28.0. The van der Waals surface area contributed by atoms with Gasteiger partial charge in [0.15, 0.2) is 0 Å². The Kier molecular flexibility index (Phi) is 6.23. The highest BCUT2D eigenvalue weighted by Gasteiger charge is 2.35. The quantitative estimate of drug-likeness (QED) is 0.771. The maximum Gasteiger partial charge on any atom is 0.245 e. The average Bonchev–Trinajstić information content (AvgIpc) is 2.56. The maximum absolute atomic E-state index is 12.3. The molecule has 1 aliphatic heterocycles. The van der Waals surface area contributed by atoms with Gasteiger partial charge in [-0.1, -0.05) is 39.0 Å². The van der Waals surface area contributed by atoms with Crippen LogP contribution in [0.25, 0.3) is 0 Å². The molecule has 0 spiro atoms. The Morgan fingerprint density at radius 3 is 2.58 bits per heavy atom. The van der Waals surface area contributed by atoms with Gasteiger partial charge in [0.25, 0.3) is 0 Å². The zero-order valence-corrected chi connectivity index (χ0v) is 15.1. The molecule has 0 saturated carbocycles. The van der Waals surface area contributed by atoms with E-state index in [0.717, 1.165) is 17.7 Å². The summed E-state index contributed by atoms with van der Waals surface area (Å²) in [7, 11) is 0. The predicted molar refractivity (Wildman–Crippen MR) is 94.1 cm³/mol. The number of piperazine rings is 1. The number of carbonyl (C=O) groups is 2. The average molecular weight is 332 g/mol. The first-order valence-electron chi connectivity index (χ1n) is 8.75. The lowest BCUT2D eigenvalue weighted by Gasteiger charge is -2.38. The van der Waals surface area contributed by atoms with Gasteiger partial charge < -0.3 is 14.5 Å². The Morgan fingerprint density at radius 1 is 1.21 bits per heavy atom. The van der Waals surface area contributed by atoms with Gasteiger partial charge in [0.05, 0.1) is 13.1 Å². The molecule has 1 aromatic carbocycles. The third-order valence-electron chi connectivity index (χ3n) is 4.41. The normalized spacial score (nSPS) is 18.5. The van der Waals surface area contributed by atoms with Crippen molar-refractivity contribution >= 4 is 11.8 Å². The fourth-order valence-corrected chi connectivity index (χ4v) is 3.07. The summed E-state index contributed by atoms with van der Waals surface area (Å²) >= 11 is 0. The molecule has 0 bridgehead atoms. The second-order valence-electron chi connectivity index (χ2n) is 6.56. The molecule has 1 aromatic rings. The second-order valence-corrected chi connectivity index (χ2v) is 6.56. The van der Waals surface area contributed by atoms with Crippen molar-refractivity contribution in [1.82, 2.24) is 9.80 Å². The molecule has 1 heterocycles. The summed E-state index contributed by atoms with van der Waals surface area (Å²) in [6, 6.07) is 7.54. The molecular weight excluding hydrogens is 304 g/mol. The van der Waals surface area contributed by atoms with Crippen LogP contribution in [0.1, 0.15) is 45.6 Å². The van der Waals surface area contributed by atoms with Gasteiger partial charge in [-0.25, -0.2) is 0 Å². The highest BCUT2D eigenvalue weighted by Crippen LogP contribution is 2.25. The summed E-state index contributed by atoms with van der Waals surface area (Å²) in [6.07, 6.45) is 0.862. The van der Waals surface area contributed by atoms with Gasteiger partial charge in [-0.3, -0.25) is 9.59 Å². The van der Waals surface area contributed by atoms with Crippen LogP contribution in [0.15, 0.2) is 24.3 Å². The van der Waals surface area contributed by atoms with Crippen LogP contribution >= 0.6 is 0 Å². The molecule has 1 saturated heterocycles. The van der Waals surface area contributed by atoms with E-state index < -0.39 is 6.04 Å². The molecular formula is C19H28N2O3. The molecule has 2 amide bonds. The van der Waals surface area contributed by atoms with Crippen LogP contribution < -0.4 is 4.74 Å². The first-order chi connectivity index (χ1) is 11.5. The van der Waals surface area contributed by atoms with E-state index in [2.05, 4.69) is 19.9 Å². The Hall–Kier alpha value is -2.04. The second kappa shape index (κ2) is 8.18. The van der Waals surface area contributed by atoms with E-state index >= 15 is 0 Å². The molecule has 132 valence electrons. The fourth-order valence-electron chi connectivity index (χ4n) is 3.07. The first kappa shape index (κ1) is 18.3. The van der Waals surface area contributed by atoms with Crippen LogP contribution in [0.3, 0.4) is 0 Å². The van der Waals surface area contributed by atoms with Crippen LogP contribution in [0, 0.1) is 0 Å². The van der Waals surface area contributed by atoms with Crippen molar-refractivity contribution in [3.8, 4) is 5.75 Å². The monoisotopic (exact) mass is 332 g/mol. The molecule has 1 atom stereocenters. The molecule has 0 N–H and O–H groups in total. The van der Waals surface area contributed by atoms with Gasteiger partial charge >= 0.3 is 0 Å². The molecule has 2 rings (SSSR count). The van der Waals surface area contributed by atoms with Crippen molar-refractivity contribution in [3.05, 3.63) is 29.8 Å². The summed E-state index contributed by atoms with van der Waals surface area (Å²) in [5, 5.41) is 0. The zero-order chi connectivity index (χ0) is 17.7. The van der Waals surface area contributed by atoms with E-state index in [1.807, 2.05) is 25.1 Å². The number of carbonyl (C=O) groups excluding carboxylic acids is 2. The summed E-state index contributed by atoms with van der Waals surface area (Å²) in [5.41, 5.74) is 1.15. The van der Waals surface area contributed by atoms with Crippen LogP contribution in [0.4, 0.5) is 0 Å². The SMILES string of the molecule is CCCN1CC(=O)N(CCOc2ccccc2C(C)C)[C@H](C)C1=O. The lowest BCUT2D eigenvalue weighted by Crippen LogP contribution is -2.59. The lowest BCUT2D eigenvalue weighted by atomic mass is 10.0. The molecule has 0 unspecified atom stereocenters. The maximum atomic E-state index is 12.3. The molecule has 5 nitrogen and oxygen atoms in total. The number of para-hydroxylation sites is 1. The number of rotatable bonds is 7. The Morgan fingerprint density at radius 2 is 1.92 bits per heavy atom. The van der Waals surface area contributed by atoms with Gasteiger partial charge in [-0.15, -0.1) is 0 Å². The van der Waals surface area contributed by atoms with Gasteiger partial charge in [-0.05, 0) is 30.9 Å². The topological polar surface area (TPSA) is 49.9 Å². The number of amides is 2. The van der Waals surface area contributed by atoms with Gasteiger partial charge in [0, 0.05) is 6.54 Å². The van der Waals surface area contributed by atoms with E-state index in [-0.39, 0.29) is 18.4 Å². The van der Waals surface area contributed by atoms with Crippen molar-refractivity contribution in [1.29, 1.82) is 0 Å². The van der Waals surface area contributed by atoms with Crippen molar-refractivity contribution in [2.75, 3.05) is 26.2 Å². The number of hydrogen-bond donors (Lipinski definition) is 0. The Bertz CT molecular complexity index is 586. The third kappa shape index (κ3) is 4.08. The van der Waals surface area contributed by atoms with Gasteiger partial charge in [0.1, 0.15) is 18.4 Å². The van der Waals surface area contributed by atoms with E-state index in [1.54, 1.807) is 16.7 Å².